The maximum atomic E-state index is 10.3. The summed E-state index contributed by atoms with van der Waals surface area (Å²) in [5, 5.41) is 13.8. The van der Waals surface area contributed by atoms with Crippen molar-refractivity contribution in [2.24, 2.45) is 0 Å². The number of aromatic nitrogens is 1. The second-order valence-corrected chi connectivity index (χ2v) is 6.26. The number of aliphatic hydroxyl groups excluding tert-OH is 1. The van der Waals surface area contributed by atoms with Gasteiger partial charge in [0.15, 0.2) is 0 Å². The number of fused-ring (bicyclic) bond motifs is 1. The fraction of sp³-hybridized carbons (Fsp3) is 0.353. The molecule has 2 N–H and O–H groups in total. The van der Waals surface area contributed by atoms with Gasteiger partial charge in [0.1, 0.15) is 5.75 Å². The van der Waals surface area contributed by atoms with Crippen molar-refractivity contribution in [1.82, 2.24) is 10.3 Å². The summed E-state index contributed by atoms with van der Waals surface area (Å²) in [7, 11) is 0. The van der Waals surface area contributed by atoms with Crippen molar-refractivity contribution in [3.63, 3.8) is 0 Å². The van der Waals surface area contributed by atoms with E-state index in [9.17, 15) is 5.11 Å². The van der Waals surface area contributed by atoms with Gasteiger partial charge in [-0.3, -0.25) is 4.98 Å². The average Bonchev–Trinajstić information content (AvgIpc) is 2.77. The third-order valence-electron chi connectivity index (χ3n) is 3.90. The van der Waals surface area contributed by atoms with Gasteiger partial charge in [0.2, 0.25) is 0 Å². The molecular weight excluding hydrogens is 344 g/mol. The zero-order valence-corrected chi connectivity index (χ0v) is 13.8. The van der Waals surface area contributed by atoms with Crippen LogP contribution in [0.2, 0.25) is 0 Å². The highest BCUT2D eigenvalue weighted by Crippen LogP contribution is 2.37. The molecule has 1 aliphatic rings. The summed E-state index contributed by atoms with van der Waals surface area (Å²) >= 11 is 3.55. The SMILES string of the molecule is O[C@@H](CN[C@@H]1CCCOc2c(Br)cccc21)c1ccncc1. The van der Waals surface area contributed by atoms with Gasteiger partial charge in [-0.1, -0.05) is 12.1 Å². The molecule has 2 atom stereocenters. The molecule has 0 spiro atoms. The highest BCUT2D eigenvalue weighted by atomic mass is 79.9. The number of ether oxygens (including phenoxy) is 1. The Balaban J connectivity index is 1.72. The first-order chi connectivity index (χ1) is 10.8. The predicted molar refractivity (Wildman–Crippen MR) is 88.8 cm³/mol. The Kier molecular flexibility index (Phi) is 5.08. The van der Waals surface area contributed by atoms with Gasteiger partial charge in [-0.05, 0) is 52.5 Å². The molecule has 0 saturated carbocycles. The Bertz CT molecular complexity index is 621. The van der Waals surface area contributed by atoms with E-state index in [1.807, 2.05) is 24.3 Å². The third kappa shape index (κ3) is 3.48. The molecule has 0 bridgehead atoms. The van der Waals surface area contributed by atoms with Crippen molar-refractivity contribution in [1.29, 1.82) is 0 Å². The van der Waals surface area contributed by atoms with Crippen LogP contribution >= 0.6 is 15.9 Å². The molecule has 0 unspecified atom stereocenters. The van der Waals surface area contributed by atoms with Gasteiger partial charge in [-0.15, -0.1) is 0 Å². The standard InChI is InChI=1S/C17H19BrN2O2/c18-14-4-1-3-13-15(5-2-10-22-17(13)14)20-11-16(21)12-6-8-19-9-7-12/h1,3-4,6-9,15-16,20-21H,2,5,10-11H2/t15-,16+/m1/s1. The summed E-state index contributed by atoms with van der Waals surface area (Å²) in [6, 6.07) is 9.97. The van der Waals surface area contributed by atoms with E-state index in [1.54, 1.807) is 12.4 Å². The van der Waals surface area contributed by atoms with Crippen molar-refractivity contribution in [2.75, 3.05) is 13.2 Å². The molecule has 1 aromatic heterocycles. The lowest BCUT2D eigenvalue weighted by Gasteiger charge is -2.21. The van der Waals surface area contributed by atoms with Crippen LogP contribution in [0, 0.1) is 0 Å². The fourth-order valence-electron chi connectivity index (χ4n) is 2.74. The summed E-state index contributed by atoms with van der Waals surface area (Å²) in [6.45, 7) is 1.22. The minimum absolute atomic E-state index is 0.187. The normalized spacial score (nSPS) is 18.9. The van der Waals surface area contributed by atoms with Crippen LogP contribution < -0.4 is 10.1 Å². The Labute approximate surface area is 138 Å². The fourth-order valence-corrected chi connectivity index (χ4v) is 3.23. The first-order valence-corrected chi connectivity index (χ1v) is 8.27. The summed E-state index contributed by atoms with van der Waals surface area (Å²) in [5.74, 6) is 0.913. The molecule has 0 saturated heterocycles. The van der Waals surface area contributed by atoms with Crippen molar-refractivity contribution in [2.45, 2.75) is 25.0 Å². The first kappa shape index (κ1) is 15.5. The van der Waals surface area contributed by atoms with E-state index in [0.29, 0.717) is 6.54 Å². The lowest BCUT2D eigenvalue weighted by atomic mass is 10.0. The highest BCUT2D eigenvalue weighted by molar-refractivity contribution is 9.10. The monoisotopic (exact) mass is 362 g/mol. The maximum Gasteiger partial charge on any atom is 0.138 e. The molecule has 0 radical (unpaired) electrons. The number of aliphatic hydroxyl groups is 1. The molecule has 116 valence electrons. The van der Waals surface area contributed by atoms with E-state index in [0.717, 1.165) is 40.8 Å². The van der Waals surface area contributed by atoms with Crippen molar-refractivity contribution in [3.05, 3.63) is 58.3 Å². The number of nitrogens with zero attached hydrogens (tertiary/aromatic N) is 1. The van der Waals surface area contributed by atoms with E-state index < -0.39 is 6.10 Å². The number of hydrogen-bond donors (Lipinski definition) is 2. The molecule has 5 heteroatoms. The number of nitrogens with one attached hydrogen (secondary N) is 1. The van der Waals surface area contributed by atoms with Crippen LogP contribution in [0.15, 0.2) is 47.2 Å². The maximum absolute atomic E-state index is 10.3. The Morgan fingerprint density at radius 2 is 2.14 bits per heavy atom. The number of hydrogen-bond acceptors (Lipinski definition) is 4. The van der Waals surface area contributed by atoms with Crippen molar-refractivity contribution < 1.29 is 9.84 Å². The van der Waals surface area contributed by atoms with E-state index in [2.05, 4.69) is 32.3 Å². The van der Waals surface area contributed by atoms with E-state index >= 15 is 0 Å². The Hall–Kier alpha value is -1.43. The minimum atomic E-state index is -0.539. The molecular formula is C17H19BrN2O2. The lowest BCUT2D eigenvalue weighted by molar-refractivity contribution is 0.169. The topological polar surface area (TPSA) is 54.4 Å². The first-order valence-electron chi connectivity index (χ1n) is 7.48. The molecule has 0 aliphatic carbocycles. The van der Waals surface area contributed by atoms with Crippen LogP contribution in [0.4, 0.5) is 0 Å². The van der Waals surface area contributed by atoms with Gasteiger partial charge in [0.25, 0.3) is 0 Å². The van der Waals surface area contributed by atoms with Crippen LogP contribution in [0.1, 0.15) is 36.1 Å². The van der Waals surface area contributed by atoms with Crippen LogP contribution in [0.3, 0.4) is 0 Å². The van der Waals surface area contributed by atoms with Gasteiger partial charge in [0.05, 0.1) is 17.2 Å². The van der Waals surface area contributed by atoms with Crippen LogP contribution in [-0.4, -0.2) is 23.2 Å². The van der Waals surface area contributed by atoms with Gasteiger partial charge >= 0.3 is 0 Å². The van der Waals surface area contributed by atoms with Gasteiger partial charge in [0, 0.05) is 30.5 Å². The Morgan fingerprint density at radius 3 is 2.95 bits per heavy atom. The van der Waals surface area contributed by atoms with Crippen LogP contribution in [0.5, 0.6) is 5.75 Å². The molecule has 0 fully saturated rings. The van der Waals surface area contributed by atoms with Gasteiger partial charge in [-0.25, -0.2) is 0 Å². The number of rotatable bonds is 4. The minimum Gasteiger partial charge on any atom is -0.492 e. The molecule has 1 aliphatic heterocycles. The zero-order chi connectivity index (χ0) is 15.4. The molecule has 1 aromatic carbocycles. The van der Waals surface area contributed by atoms with E-state index in [4.69, 9.17) is 4.74 Å². The molecule has 3 rings (SSSR count). The number of halogens is 1. The van der Waals surface area contributed by atoms with E-state index in [1.165, 1.54) is 0 Å². The lowest BCUT2D eigenvalue weighted by Crippen LogP contribution is -2.26. The average molecular weight is 363 g/mol. The van der Waals surface area contributed by atoms with Crippen LogP contribution in [0.25, 0.3) is 0 Å². The van der Waals surface area contributed by atoms with Gasteiger partial charge in [-0.2, -0.15) is 0 Å². The number of benzene rings is 1. The largest absolute Gasteiger partial charge is 0.492 e. The summed E-state index contributed by atoms with van der Waals surface area (Å²) in [5.41, 5.74) is 2.02. The number of para-hydroxylation sites is 1. The molecule has 2 heterocycles. The summed E-state index contributed by atoms with van der Waals surface area (Å²) in [6.07, 6.45) is 4.84. The van der Waals surface area contributed by atoms with Crippen molar-refractivity contribution >= 4 is 15.9 Å². The zero-order valence-electron chi connectivity index (χ0n) is 12.2. The molecule has 2 aromatic rings. The van der Waals surface area contributed by atoms with Crippen molar-refractivity contribution in [3.8, 4) is 5.75 Å². The Morgan fingerprint density at radius 1 is 1.32 bits per heavy atom. The predicted octanol–water partition coefficient (Wildman–Crippen LogP) is 3.38. The quantitative estimate of drug-likeness (QED) is 0.875. The second kappa shape index (κ2) is 7.22. The molecule has 4 nitrogen and oxygen atoms in total. The van der Waals surface area contributed by atoms with Gasteiger partial charge < -0.3 is 15.2 Å². The highest BCUT2D eigenvalue weighted by Gasteiger charge is 2.22. The summed E-state index contributed by atoms with van der Waals surface area (Å²) in [4.78, 5) is 3.98. The summed E-state index contributed by atoms with van der Waals surface area (Å²) < 4.78 is 6.82. The third-order valence-corrected chi connectivity index (χ3v) is 4.53. The molecule has 0 amide bonds. The molecule has 22 heavy (non-hydrogen) atoms. The second-order valence-electron chi connectivity index (χ2n) is 5.41. The smallest absolute Gasteiger partial charge is 0.138 e. The van der Waals surface area contributed by atoms with E-state index in [-0.39, 0.29) is 6.04 Å². The van der Waals surface area contributed by atoms with Crippen LogP contribution in [-0.2, 0) is 0 Å². The number of pyridine rings is 1.